The fourth-order valence-electron chi connectivity index (χ4n) is 0.796. The van der Waals surface area contributed by atoms with Gasteiger partial charge in [-0.2, -0.15) is 0 Å². The topological polar surface area (TPSA) is 20.1 Å². The minimum absolute atomic E-state index is 0. The lowest BCUT2D eigenvalue weighted by molar-refractivity contribution is -0.456. The second-order valence-corrected chi connectivity index (χ2v) is 3.66. The molecule has 0 saturated heterocycles. The zero-order valence-corrected chi connectivity index (χ0v) is 9.68. The fourth-order valence-corrected chi connectivity index (χ4v) is 1.37. The van der Waals surface area contributed by atoms with Crippen LogP contribution in [0.25, 0.3) is 0 Å². The van der Waals surface area contributed by atoms with Crippen molar-refractivity contribution in [1.29, 1.82) is 0 Å². The average molecular weight is 230 g/mol. The Morgan fingerprint density at radius 3 is 2.36 bits per heavy atom. The van der Waals surface area contributed by atoms with Gasteiger partial charge in [0, 0.05) is 17.3 Å². The van der Waals surface area contributed by atoms with Crippen LogP contribution in [0.2, 0.25) is 0 Å². The van der Waals surface area contributed by atoms with Crippen molar-refractivity contribution in [1.82, 2.24) is 0 Å². The minimum atomic E-state index is 0. The summed E-state index contributed by atoms with van der Waals surface area (Å²) in [5, 5.41) is 0.0781. The van der Waals surface area contributed by atoms with Gasteiger partial charge >= 0.3 is 0 Å². The van der Waals surface area contributed by atoms with Gasteiger partial charge in [-0.05, 0) is 0 Å². The molecule has 1 rings (SSSR count). The molecule has 0 saturated carbocycles. The van der Waals surface area contributed by atoms with Crippen molar-refractivity contribution in [2.75, 3.05) is 14.1 Å². The highest BCUT2D eigenvalue weighted by atomic mass is 35.5. The summed E-state index contributed by atoms with van der Waals surface area (Å²) in [5.74, 6) is 0. The molecule has 0 unspecified atom stereocenters. The highest BCUT2D eigenvalue weighted by Crippen LogP contribution is 2.08. The number of nitrogens with zero attached hydrogens (tertiary/aromatic N) is 1. The van der Waals surface area contributed by atoms with Crippen molar-refractivity contribution < 1.29 is 21.8 Å². The summed E-state index contributed by atoms with van der Waals surface area (Å²) in [6.45, 7) is 0. The second-order valence-electron chi connectivity index (χ2n) is 2.84. The van der Waals surface area contributed by atoms with Crippen molar-refractivity contribution in [2.24, 2.45) is 0 Å². The van der Waals surface area contributed by atoms with Crippen LogP contribution in [0.1, 0.15) is 10.4 Å². The van der Waals surface area contributed by atoms with Crippen LogP contribution in [0.4, 0.5) is 0 Å². The number of benzene rings is 1. The Morgan fingerprint density at radius 1 is 1.29 bits per heavy atom. The molecule has 1 aromatic rings. The highest BCUT2D eigenvalue weighted by molar-refractivity contribution is 8.25. The zero-order chi connectivity index (χ0) is 9.68. The van der Waals surface area contributed by atoms with Crippen LogP contribution in [0.5, 0.6) is 0 Å². The van der Waals surface area contributed by atoms with E-state index in [1.165, 1.54) is 11.8 Å². The lowest BCUT2D eigenvalue weighted by Crippen LogP contribution is -3.00. The molecule has 0 N–H and O–H groups in total. The number of rotatable bonds is 2. The third-order valence-corrected chi connectivity index (χ3v) is 2.36. The van der Waals surface area contributed by atoms with Gasteiger partial charge in [0.2, 0.25) is 10.7 Å². The minimum Gasteiger partial charge on any atom is -1.00 e. The van der Waals surface area contributed by atoms with E-state index in [1.807, 2.05) is 49.0 Å². The fraction of sp³-hybridized carbons (Fsp3) is 0.200. The van der Waals surface area contributed by atoms with Crippen LogP contribution in [-0.2, 0) is 0 Å². The van der Waals surface area contributed by atoms with Crippen molar-refractivity contribution in [3.8, 4) is 0 Å². The van der Waals surface area contributed by atoms with E-state index < -0.39 is 0 Å². The van der Waals surface area contributed by atoms with Gasteiger partial charge in [0.05, 0.1) is 0 Å². The summed E-state index contributed by atoms with van der Waals surface area (Å²) < 4.78 is 1.85. The Hall–Kier alpha value is -0.800. The predicted molar refractivity (Wildman–Crippen MR) is 56.5 cm³/mol. The van der Waals surface area contributed by atoms with E-state index in [-0.39, 0.29) is 17.5 Å². The van der Waals surface area contributed by atoms with Crippen LogP contribution in [0.3, 0.4) is 0 Å². The highest BCUT2D eigenvalue weighted by Gasteiger charge is 2.04. The van der Waals surface area contributed by atoms with Gasteiger partial charge in [0.25, 0.3) is 0 Å². The van der Waals surface area contributed by atoms with E-state index in [9.17, 15) is 4.79 Å². The summed E-state index contributed by atoms with van der Waals surface area (Å²) in [6, 6.07) is 9.27. The molecule has 0 bridgehead atoms. The van der Waals surface area contributed by atoms with Gasteiger partial charge in [-0.15, -0.1) is 0 Å². The summed E-state index contributed by atoms with van der Waals surface area (Å²) in [5.41, 5.74) is 2.53. The summed E-state index contributed by atoms with van der Waals surface area (Å²) >= 11 is 1.20. The van der Waals surface area contributed by atoms with Crippen molar-refractivity contribution in [3.05, 3.63) is 35.9 Å². The standard InChI is InChI=1S/C10H12NOS.ClH/c1-11(2)8-13-10(12)9-6-4-3-5-7-9;/h3-8H,1-2H3;1H/q+1;/p-1. The molecule has 0 heterocycles. The summed E-state index contributed by atoms with van der Waals surface area (Å²) in [4.78, 5) is 11.5. The molecule has 76 valence electrons. The molecule has 0 spiro atoms. The molecule has 2 nitrogen and oxygen atoms in total. The van der Waals surface area contributed by atoms with E-state index >= 15 is 0 Å². The molecule has 0 aliphatic carbocycles. The number of carbonyl (C=O) groups excluding carboxylic acids is 1. The van der Waals surface area contributed by atoms with Crippen LogP contribution < -0.4 is 12.4 Å². The predicted octanol–water partition coefficient (Wildman–Crippen LogP) is -1.14. The molecule has 0 fully saturated rings. The second kappa shape index (κ2) is 6.62. The summed E-state index contributed by atoms with van der Waals surface area (Å²) in [6.07, 6.45) is 0. The lowest BCUT2D eigenvalue weighted by atomic mass is 10.2. The van der Waals surface area contributed by atoms with E-state index in [1.54, 1.807) is 5.55 Å². The molecule has 4 heteroatoms. The number of thioether (sulfide) groups is 1. The first kappa shape index (κ1) is 13.2. The zero-order valence-electron chi connectivity index (χ0n) is 8.11. The van der Waals surface area contributed by atoms with E-state index in [0.29, 0.717) is 0 Å². The van der Waals surface area contributed by atoms with Crippen LogP contribution >= 0.6 is 11.8 Å². The van der Waals surface area contributed by atoms with E-state index in [2.05, 4.69) is 0 Å². The van der Waals surface area contributed by atoms with E-state index in [4.69, 9.17) is 0 Å². The number of hydrogen-bond acceptors (Lipinski definition) is 2. The van der Waals surface area contributed by atoms with Crippen LogP contribution in [0.15, 0.2) is 30.3 Å². The molecular weight excluding hydrogens is 218 g/mol. The molecule has 0 aliphatic rings. The van der Waals surface area contributed by atoms with Crippen LogP contribution in [-0.4, -0.2) is 29.3 Å². The quantitative estimate of drug-likeness (QED) is 0.363. The Bertz CT molecular complexity index is 320. The number of hydrogen-bond donors (Lipinski definition) is 0. The third kappa shape index (κ3) is 4.44. The first-order valence-electron chi connectivity index (χ1n) is 3.96. The first-order valence-corrected chi connectivity index (χ1v) is 4.84. The van der Waals surface area contributed by atoms with Crippen molar-refractivity contribution in [3.63, 3.8) is 0 Å². The van der Waals surface area contributed by atoms with Gasteiger partial charge in [-0.25, -0.2) is 4.58 Å². The molecule has 14 heavy (non-hydrogen) atoms. The molecule has 0 aliphatic heterocycles. The maximum Gasteiger partial charge on any atom is 0.229 e. The number of halogens is 1. The molecular formula is C10H12ClNOS. The Kier molecular flexibility index (Phi) is 6.25. The Balaban J connectivity index is 0.00000169. The summed E-state index contributed by atoms with van der Waals surface area (Å²) in [7, 11) is 3.79. The van der Waals surface area contributed by atoms with Crippen LogP contribution in [0, 0.1) is 0 Å². The monoisotopic (exact) mass is 229 g/mol. The van der Waals surface area contributed by atoms with Gasteiger partial charge in [0.1, 0.15) is 14.1 Å². The molecule has 0 aromatic heterocycles. The molecule has 0 radical (unpaired) electrons. The van der Waals surface area contributed by atoms with E-state index in [0.717, 1.165) is 5.56 Å². The molecule has 0 atom stereocenters. The molecule has 1 aromatic carbocycles. The smallest absolute Gasteiger partial charge is 0.229 e. The third-order valence-electron chi connectivity index (χ3n) is 1.38. The Morgan fingerprint density at radius 2 is 1.86 bits per heavy atom. The largest absolute Gasteiger partial charge is 1.00 e. The number of carbonyl (C=O) groups is 1. The lowest BCUT2D eigenvalue weighted by Gasteiger charge is -1.93. The van der Waals surface area contributed by atoms with Gasteiger partial charge in [0.15, 0.2) is 0 Å². The van der Waals surface area contributed by atoms with Crippen molar-refractivity contribution in [2.45, 2.75) is 0 Å². The molecule has 0 amide bonds. The first-order chi connectivity index (χ1) is 6.20. The average Bonchev–Trinajstić information content (AvgIpc) is 2.15. The van der Waals surface area contributed by atoms with Gasteiger partial charge in [-0.3, -0.25) is 4.79 Å². The normalized spacial score (nSPS) is 8.71. The Labute approximate surface area is 94.4 Å². The van der Waals surface area contributed by atoms with Crippen molar-refractivity contribution >= 4 is 22.4 Å². The SMILES string of the molecule is C[N+](C)=CSC(=O)c1ccccc1.[Cl-]. The maximum absolute atomic E-state index is 11.5. The maximum atomic E-state index is 11.5. The van der Waals surface area contributed by atoms with Gasteiger partial charge in [-0.1, -0.05) is 30.3 Å². The van der Waals surface area contributed by atoms with Gasteiger partial charge < -0.3 is 12.4 Å².